The lowest BCUT2D eigenvalue weighted by Gasteiger charge is -2.30. The molecule has 1 unspecified atom stereocenters. The van der Waals surface area contributed by atoms with Crippen LogP contribution in [0.2, 0.25) is 0 Å². The maximum absolute atomic E-state index is 12.4. The van der Waals surface area contributed by atoms with Crippen molar-refractivity contribution in [1.29, 1.82) is 0 Å². The van der Waals surface area contributed by atoms with Crippen molar-refractivity contribution in [2.75, 3.05) is 6.54 Å². The zero-order valence-corrected chi connectivity index (χ0v) is 13.4. The summed E-state index contributed by atoms with van der Waals surface area (Å²) in [5, 5.41) is 12.3. The van der Waals surface area contributed by atoms with Gasteiger partial charge < -0.3 is 16.2 Å². The fraction of sp³-hybridized carbons (Fsp3) is 0.588. The van der Waals surface area contributed by atoms with Crippen LogP contribution in [0.3, 0.4) is 0 Å². The second-order valence-electron chi connectivity index (χ2n) is 5.77. The number of aromatic hydroxyl groups is 1. The first-order valence-electron chi connectivity index (χ1n) is 7.76. The molecule has 118 valence electrons. The Hall–Kier alpha value is -1.55. The number of carbonyl (C=O) groups excluding carboxylic acids is 1. The number of phenols is 1. The normalized spacial score (nSPS) is 13.0. The van der Waals surface area contributed by atoms with E-state index in [0.29, 0.717) is 6.54 Å². The number of aryl methyl sites for hydroxylation is 1. The van der Waals surface area contributed by atoms with Crippen molar-refractivity contribution in [3.05, 3.63) is 29.8 Å². The van der Waals surface area contributed by atoms with Gasteiger partial charge in [-0.25, -0.2) is 0 Å². The molecule has 1 aromatic carbocycles. The molecular formula is C17H28N2O2. The lowest BCUT2D eigenvalue weighted by molar-refractivity contribution is -0.131. The van der Waals surface area contributed by atoms with Gasteiger partial charge in [-0.15, -0.1) is 0 Å². The van der Waals surface area contributed by atoms with E-state index >= 15 is 0 Å². The zero-order valence-electron chi connectivity index (χ0n) is 13.4. The third-order valence-electron chi connectivity index (χ3n) is 4.41. The quantitative estimate of drug-likeness (QED) is 0.689. The van der Waals surface area contributed by atoms with E-state index in [2.05, 4.69) is 5.32 Å². The van der Waals surface area contributed by atoms with Crippen LogP contribution >= 0.6 is 0 Å². The molecule has 1 aromatic rings. The second-order valence-corrected chi connectivity index (χ2v) is 5.77. The Bertz CT molecular complexity index is 430. The molecule has 0 spiro atoms. The van der Waals surface area contributed by atoms with Gasteiger partial charge in [0.15, 0.2) is 0 Å². The molecule has 0 radical (unpaired) electrons. The molecule has 4 N–H and O–H groups in total. The number of nitrogens with two attached hydrogens (primary N) is 1. The predicted octanol–water partition coefficient (Wildman–Crippen LogP) is 2.59. The van der Waals surface area contributed by atoms with Crippen LogP contribution in [0.4, 0.5) is 0 Å². The monoisotopic (exact) mass is 292 g/mol. The van der Waals surface area contributed by atoms with E-state index in [1.807, 2.05) is 32.9 Å². The maximum Gasteiger partial charge on any atom is 0.227 e. The highest BCUT2D eigenvalue weighted by atomic mass is 16.3. The molecule has 0 bridgehead atoms. The van der Waals surface area contributed by atoms with Gasteiger partial charge in [0.05, 0.1) is 5.41 Å². The highest BCUT2D eigenvalue weighted by molar-refractivity contribution is 5.83. The number of amides is 1. The summed E-state index contributed by atoms with van der Waals surface area (Å²) in [5.74, 6) is 0.340. The topological polar surface area (TPSA) is 75.4 Å². The predicted molar refractivity (Wildman–Crippen MR) is 86.1 cm³/mol. The van der Waals surface area contributed by atoms with Crippen LogP contribution in [0.25, 0.3) is 0 Å². The van der Waals surface area contributed by atoms with Gasteiger partial charge >= 0.3 is 0 Å². The summed E-state index contributed by atoms with van der Waals surface area (Å²) in [4.78, 5) is 12.4. The highest BCUT2D eigenvalue weighted by Crippen LogP contribution is 2.25. The zero-order chi connectivity index (χ0) is 15.9. The van der Waals surface area contributed by atoms with Crippen molar-refractivity contribution in [1.82, 2.24) is 5.32 Å². The van der Waals surface area contributed by atoms with Gasteiger partial charge in [-0.1, -0.05) is 26.0 Å². The van der Waals surface area contributed by atoms with E-state index in [1.54, 1.807) is 12.1 Å². The first-order valence-corrected chi connectivity index (χ1v) is 7.76. The fourth-order valence-corrected chi connectivity index (χ4v) is 2.45. The molecule has 0 aliphatic rings. The molecule has 0 aliphatic heterocycles. The average molecular weight is 292 g/mol. The van der Waals surface area contributed by atoms with Gasteiger partial charge in [0.25, 0.3) is 0 Å². The highest BCUT2D eigenvalue weighted by Gasteiger charge is 2.33. The Kier molecular flexibility index (Phi) is 6.69. The van der Waals surface area contributed by atoms with Crippen molar-refractivity contribution in [3.63, 3.8) is 0 Å². The number of carbonyl (C=O) groups is 1. The first kappa shape index (κ1) is 17.5. The maximum atomic E-state index is 12.4. The third-order valence-corrected chi connectivity index (χ3v) is 4.41. The molecule has 1 rings (SSSR count). The summed E-state index contributed by atoms with van der Waals surface area (Å²) in [5.41, 5.74) is 6.52. The van der Waals surface area contributed by atoms with Crippen molar-refractivity contribution >= 4 is 5.91 Å². The summed E-state index contributed by atoms with van der Waals surface area (Å²) >= 11 is 0. The van der Waals surface area contributed by atoms with Crippen LogP contribution in [0.5, 0.6) is 5.75 Å². The first-order chi connectivity index (χ1) is 9.97. The molecule has 21 heavy (non-hydrogen) atoms. The van der Waals surface area contributed by atoms with Gasteiger partial charge in [-0.2, -0.15) is 0 Å². The molecule has 0 fully saturated rings. The minimum absolute atomic E-state index is 0.0632. The Morgan fingerprint density at radius 1 is 1.29 bits per heavy atom. The molecule has 4 heteroatoms. The molecule has 0 heterocycles. The molecule has 1 atom stereocenters. The van der Waals surface area contributed by atoms with Crippen molar-refractivity contribution in [3.8, 4) is 5.75 Å². The number of benzene rings is 1. The van der Waals surface area contributed by atoms with Gasteiger partial charge in [-0.05, 0) is 50.3 Å². The molecule has 0 saturated carbocycles. The molecule has 0 aromatic heterocycles. The van der Waals surface area contributed by atoms with E-state index in [-0.39, 0.29) is 17.7 Å². The average Bonchev–Trinajstić information content (AvgIpc) is 2.49. The van der Waals surface area contributed by atoms with E-state index in [1.165, 1.54) is 0 Å². The van der Waals surface area contributed by atoms with Crippen molar-refractivity contribution in [2.45, 2.75) is 52.5 Å². The lowest BCUT2D eigenvalue weighted by Crippen LogP contribution is -2.48. The number of hydrogen-bond acceptors (Lipinski definition) is 3. The van der Waals surface area contributed by atoms with Crippen LogP contribution in [0.1, 0.15) is 45.6 Å². The minimum Gasteiger partial charge on any atom is -0.508 e. The van der Waals surface area contributed by atoms with E-state index in [4.69, 9.17) is 5.73 Å². The van der Waals surface area contributed by atoms with Crippen LogP contribution < -0.4 is 11.1 Å². The molecule has 1 amide bonds. The number of phenolic OH excluding ortho intramolecular Hbond substituents is 1. The number of nitrogens with one attached hydrogen (secondary N) is 1. The van der Waals surface area contributed by atoms with Gasteiger partial charge in [0.2, 0.25) is 5.91 Å². The van der Waals surface area contributed by atoms with E-state index in [9.17, 15) is 9.90 Å². The van der Waals surface area contributed by atoms with E-state index in [0.717, 1.165) is 31.2 Å². The Balaban J connectivity index is 2.51. The largest absolute Gasteiger partial charge is 0.508 e. The minimum atomic E-state index is -0.438. The molecule has 0 saturated heterocycles. The van der Waals surface area contributed by atoms with Crippen molar-refractivity contribution < 1.29 is 9.90 Å². The standard InChI is InChI=1S/C17H28N2O2/c1-4-17(5-2,12-18)16(21)19-13(3)6-7-14-8-10-15(20)11-9-14/h8-11,13,20H,4-7,12,18H2,1-3H3,(H,19,21). The lowest BCUT2D eigenvalue weighted by atomic mass is 9.81. The van der Waals surface area contributed by atoms with Crippen LogP contribution in [-0.2, 0) is 11.2 Å². The second kappa shape index (κ2) is 8.03. The smallest absolute Gasteiger partial charge is 0.227 e. The van der Waals surface area contributed by atoms with Crippen LogP contribution in [0, 0.1) is 5.41 Å². The summed E-state index contributed by atoms with van der Waals surface area (Å²) in [6.45, 7) is 6.43. The number of rotatable bonds is 8. The van der Waals surface area contributed by atoms with E-state index < -0.39 is 5.41 Å². The third kappa shape index (κ3) is 4.74. The Morgan fingerprint density at radius 2 is 1.86 bits per heavy atom. The number of hydrogen-bond donors (Lipinski definition) is 3. The molecule has 0 aliphatic carbocycles. The summed E-state index contributed by atoms with van der Waals surface area (Å²) in [6, 6.07) is 7.30. The van der Waals surface area contributed by atoms with Gasteiger partial charge in [-0.3, -0.25) is 4.79 Å². The summed E-state index contributed by atoms with van der Waals surface area (Å²) in [6.07, 6.45) is 3.26. The molecular weight excluding hydrogens is 264 g/mol. The Labute approximate surface area is 127 Å². The summed E-state index contributed by atoms with van der Waals surface area (Å²) < 4.78 is 0. The molecule has 4 nitrogen and oxygen atoms in total. The van der Waals surface area contributed by atoms with Crippen LogP contribution in [0.15, 0.2) is 24.3 Å². The van der Waals surface area contributed by atoms with Gasteiger partial charge in [0.1, 0.15) is 5.75 Å². The SMILES string of the molecule is CCC(CC)(CN)C(=O)NC(C)CCc1ccc(O)cc1. The Morgan fingerprint density at radius 3 is 2.33 bits per heavy atom. The van der Waals surface area contributed by atoms with Crippen molar-refractivity contribution in [2.24, 2.45) is 11.1 Å². The summed E-state index contributed by atoms with van der Waals surface area (Å²) in [7, 11) is 0. The van der Waals surface area contributed by atoms with Gasteiger partial charge in [0, 0.05) is 12.6 Å². The van der Waals surface area contributed by atoms with Crippen LogP contribution in [-0.4, -0.2) is 23.6 Å². The fourth-order valence-electron chi connectivity index (χ4n) is 2.45.